The summed E-state index contributed by atoms with van der Waals surface area (Å²) in [6.45, 7) is 0. The van der Waals surface area contributed by atoms with Gasteiger partial charge in [-0.3, -0.25) is 4.79 Å². The quantitative estimate of drug-likeness (QED) is 0.752. The molecule has 2 aliphatic rings. The number of rotatable bonds is 1. The van der Waals surface area contributed by atoms with Crippen LogP contribution in [0.4, 0.5) is 5.69 Å². The molecule has 0 atom stereocenters. The molecule has 2 aliphatic carbocycles. The maximum Gasteiger partial charge on any atom is 0.163 e. The van der Waals surface area contributed by atoms with Gasteiger partial charge in [0.05, 0.1) is 0 Å². The summed E-state index contributed by atoms with van der Waals surface area (Å²) >= 11 is 0. The molecule has 3 rings (SSSR count). The summed E-state index contributed by atoms with van der Waals surface area (Å²) in [5, 5.41) is 0. The highest BCUT2D eigenvalue weighted by atomic mass is 16.1. The molecule has 1 aromatic carbocycles. The highest BCUT2D eigenvalue weighted by molar-refractivity contribution is 5.99. The minimum absolute atomic E-state index is 0.315. The number of benzene rings is 1. The first-order valence-electron chi connectivity index (χ1n) is 6.97. The van der Waals surface area contributed by atoms with Crippen molar-refractivity contribution in [2.45, 2.75) is 43.9 Å². The molecule has 96 valence electrons. The normalized spacial score (nSPS) is 21.1. The van der Waals surface area contributed by atoms with E-state index in [-0.39, 0.29) is 0 Å². The van der Waals surface area contributed by atoms with Crippen LogP contribution in [0.25, 0.3) is 0 Å². The van der Waals surface area contributed by atoms with Gasteiger partial charge in [0.25, 0.3) is 0 Å². The van der Waals surface area contributed by atoms with Crippen LogP contribution in [0, 0.1) is 0 Å². The fourth-order valence-electron chi connectivity index (χ4n) is 3.69. The van der Waals surface area contributed by atoms with Crippen LogP contribution >= 0.6 is 0 Å². The smallest absolute Gasteiger partial charge is 0.163 e. The van der Waals surface area contributed by atoms with Crippen molar-refractivity contribution in [1.82, 2.24) is 0 Å². The Hall–Kier alpha value is -1.31. The van der Waals surface area contributed by atoms with Crippen LogP contribution in [0.15, 0.2) is 18.2 Å². The summed E-state index contributed by atoms with van der Waals surface area (Å²) in [4.78, 5) is 14.2. The Bertz CT molecular complexity index is 484. The molecule has 0 radical (unpaired) electrons. The summed E-state index contributed by atoms with van der Waals surface area (Å²) in [6, 6.07) is 6.38. The van der Waals surface area contributed by atoms with Crippen LogP contribution < -0.4 is 4.90 Å². The summed E-state index contributed by atoms with van der Waals surface area (Å²) in [7, 11) is 4.13. The topological polar surface area (TPSA) is 20.3 Å². The predicted molar refractivity (Wildman–Crippen MR) is 74.5 cm³/mol. The van der Waals surface area contributed by atoms with Gasteiger partial charge in [-0.15, -0.1) is 0 Å². The average Bonchev–Trinajstić information content (AvgIpc) is 2.84. The minimum Gasteiger partial charge on any atom is -0.378 e. The zero-order valence-corrected chi connectivity index (χ0v) is 11.3. The molecule has 0 N–H and O–H groups in total. The Morgan fingerprint density at radius 2 is 1.83 bits per heavy atom. The van der Waals surface area contributed by atoms with Gasteiger partial charge >= 0.3 is 0 Å². The summed E-state index contributed by atoms with van der Waals surface area (Å²) in [6.07, 6.45) is 6.98. The Morgan fingerprint density at radius 3 is 2.50 bits per heavy atom. The lowest BCUT2D eigenvalue weighted by Gasteiger charge is -2.36. The first kappa shape index (κ1) is 11.8. The molecule has 1 aromatic rings. The SMILES string of the molecule is CN(C)c1ccc2c(c1)C1(CCCC1)CCC2=O. The molecule has 2 heteroatoms. The Morgan fingerprint density at radius 1 is 1.11 bits per heavy atom. The van der Waals surface area contributed by atoms with Crippen LogP contribution in [0.3, 0.4) is 0 Å². The van der Waals surface area contributed by atoms with Crippen LogP contribution in [0.2, 0.25) is 0 Å². The van der Waals surface area contributed by atoms with Crippen LogP contribution in [-0.2, 0) is 5.41 Å². The molecular formula is C16H21NO. The molecule has 0 amide bonds. The van der Waals surface area contributed by atoms with E-state index in [0.29, 0.717) is 11.2 Å². The van der Waals surface area contributed by atoms with E-state index in [1.807, 2.05) is 6.07 Å². The summed E-state index contributed by atoms with van der Waals surface area (Å²) in [5.41, 5.74) is 3.86. The van der Waals surface area contributed by atoms with Gasteiger partial charge in [0.2, 0.25) is 0 Å². The molecule has 0 aromatic heterocycles. The Kier molecular flexibility index (Phi) is 2.69. The third-order valence-electron chi connectivity index (χ3n) is 4.78. The van der Waals surface area contributed by atoms with Gasteiger partial charge in [-0.05, 0) is 48.4 Å². The number of nitrogens with zero attached hydrogens (tertiary/aromatic N) is 1. The van der Waals surface area contributed by atoms with Gasteiger partial charge in [0, 0.05) is 31.8 Å². The molecule has 0 aliphatic heterocycles. The summed E-state index contributed by atoms with van der Waals surface area (Å²) < 4.78 is 0. The zero-order chi connectivity index (χ0) is 12.8. The number of hydrogen-bond acceptors (Lipinski definition) is 2. The second-order valence-electron chi connectivity index (χ2n) is 6.03. The molecule has 2 nitrogen and oxygen atoms in total. The number of Topliss-reactive ketones (excluding diaryl/α,β-unsaturated/α-hetero) is 1. The van der Waals surface area contributed by atoms with Gasteiger partial charge in [-0.1, -0.05) is 12.8 Å². The van der Waals surface area contributed by atoms with Gasteiger partial charge < -0.3 is 4.90 Å². The van der Waals surface area contributed by atoms with Gasteiger partial charge in [0.15, 0.2) is 5.78 Å². The fourth-order valence-corrected chi connectivity index (χ4v) is 3.69. The van der Waals surface area contributed by atoms with Gasteiger partial charge in [-0.2, -0.15) is 0 Å². The molecule has 0 unspecified atom stereocenters. The summed E-state index contributed by atoms with van der Waals surface area (Å²) in [5.74, 6) is 0.341. The highest BCUT2D eigenvalue weighted by Gasteiger charge is 2.41. The lowest BCUT2D eigenvalue weighted by Crippen LogP contribution is -2.31. The van der Waals surface area contributed by atoms with Gasteiger partial charge in [-0.25, -0.2) is 0 Å². The van der Waals surface area contributed by atoms with E-state index in [4.69, 9.17) is 0 Å². The van der Waals surface area contributed by atoms with Crippen LogP contribution in [0.5, 0.6) is 0 Å². The maximum atomic E-state index is 12.1. The van der Waals surface area contributed by atoms with E-state index in [9.17, 15) is 4.79 Å². The lowest BCUT2D eigenvalue weighted by atomic mass is 9.68. The van der Waals surface area contributed by atoms with E-state index >= 15 is 0 Å². The minimum atomic E-state index is 0.315. The maximum absolute atomic E-state index is 12.1. The van der Waals surface area contributed by atoms with Crippen molar-refractivity contribution in [3.05, 3.63) is 29.3 Å². The monoisotopic (exact) mass is 243 g/mol. The first-order chi connectivity index (χ1) is 8.62. The van der Waals surface area contributed by atoms with E-state index in [2.05, 4.69) is 31.1 Å². The number of hydrogen-bond donors (Lipinski definition) is 0. The first-order valence-corrected chi connectivity index (χ1v) is 6.97. The standard InChI is InChI=1S/C16H21NO/c1-17(2)12-5-6-13-14(11-12)16(8-3-4-9-16)10-7-15(13)18/h5-6,11H,3-4,7-10H2,1-2H3. The van der Waals surface area contributed by atoms with Crippen LogP contribution in [0.1, 0.15) is 54.4 Å². The van der Waals surface area contributed by atoms with E-state index in [0.717, 1.165) is 18.4 Å². The van der Waals surface area contributed by atoms with Crippen molar-refractivity contribution < 1.29 is 4.79 Å². The van der Waals surface area contributed by atoms with Gasteiger partial charge in [0.1, 0.15) is 0 Å². The third-order valence-corrected chi connectivity index (χ3v) is 4.78. The van der Waals surface area contributed by atoms with E-state index in [1.165, 1.54) is 36.9 Å². The van der Waals surface area contributed by atoms with Crippen molar-refractivity contribution in [3.63, 3.8) is 0 Å². The number of ketones is 1. The molecule has 18 heavy (non-hydrogen) atoms. The third kappa shape index (κ3) is 1.66. The average molecular weight is 243 g/mol. The Labute approximate surface area is 109 Å². The van der Waals surface area contributed by atoms with Crippen LogP contribution in [-0.4, -0.2) is 19.9 Å². The molecule has 1 spiro atoms. The molecule has 0 bridgehead atoms. The van der Waals surface area contributed by atoms with Crippen molar-refractivity contribution >= 4 is 11.5 Å². The molecule has 1 fully saturated rings. The number of anilines is 1. The second-order valence-corrected chi connectivity index (χ2v) is 6.03. The molecular weight excluding hydrogens is 222 g/mol. The Balaban J connectivity index is 2.14. The van der Waals surface area contributed by atoms with Crippen molar-refractivity contribution in [3.8, 4) is 0 Å². The van der Waals surface area contributed by atoms with Crippen molar-refractivity contribution in [1.29, 1.82) is 0 Å². The second kappa shape index (κ2) is 4.11. The fraction of sp³-hybridized carbons (Fsp3) is 0.562. The lowest BCUT2D eigenvalue weighted by molar-refractivity contribution is 0.0951. The van der Waals surface area contributed by atoms with Crippen molar-refractivity contribution in [2.24, 2.45) is 0 Å². The molecule has 0 heterocycles. The number of fused-ring (bicyclic) bond motifs is 2. The zero-order valence-electron chi connectivity index (χ0n) is 11.3. The number of carbonyl (C=O) groups excluding carboxylic acids is 1. The highest BCUT2D eigenvalue weighted by Crippen LogP contribution is 2.49. The van der Waals surface area contributed by atoms with E-state index in [1.54, 1.807) is 0 Å². The van der Waals surface area contributed by atoms with E-state index < -0.39 is 0 Å². The predicted octanol–water partition coefficient (Wildman–Crippen LogP) is 3.54. The van der Waals surface area contributed by atoms with Crippen molar-refractivity contribution in [2.75, 3.05) is 19.0 Å². The molecule has 1 saturated carbocycles. The molecule has 0 saturated heterocycles. The largest absolute Gasteiger partial charge is 0.378 e. The number of carbonyl (C=O) groups is 1.